The second kappa shape index (κ2) is 9.92. The Morgan fingerprint density at radius 2 is 2.03 bits per heavy atom. The van der Waals surface area contributed by atoms with Crippen LogP contribution in [0.4, 0.5) is 5.82 Å². The van der Waals surface area contributed by atoms with E-state index in [-0.39, 0.29) is 11.4 Å². The maximum absolute atomic E-state index is 12.3. The lowest BCUT2D eigenvalue weighted by Gasteiger charge is -2.36. The molecule has 0 saturated carbocycles. The average Bonchev–Trinajstić information content (AvgIpc) is 2.71. The van der Waals surface area contributed by atoms with Crippen molar-refractivity contribution in [2.24, 2.45) is 0 Å². The molecule has 1 fully saturated rings. The molecular formula is C22H31N3O3S. The number of unbranched alkanes of at least 4 members (excludes halogenated alkanes) is 2. The highest BCUT2D eigenvalue weighted by Crippen LogP contribution is 2.38. The zero-order valence-corrected chi connectivity index (χ0v) is 18.6. The Bertz CT molecular complexity index is 782. The second-order valence-corrected chi connectivity index (χ2v) is 9.26. The molecule has 0 unspecified atom stereocenters. The highest BCUT2D eigenvalue weighted by Gasteiger charge is 2.33. The lowest BCUT2D eigenvalue weighted by Crippen LogP contribution is -2.39. The van der Waals surface area contributed by atoms with Gasteiger partial charge >= 0.3 is 0 Å². The van der Waals surface area contributed by atoms with Crippen molar-refractivity contribution in [3.63, 3.8) is 0 Å². The van der Waals surface area contributed by atoms with Crippen LogP contribution in [0.1, 0.15) is 63.1 Å². The fourth-order valence-corrected chi connectivity index (χ4v) is 4.68. The number of fused-ring (bicyclic) bond motifs is 1. The van der Waals surface area contributed by atoms with Gasteiger partial charge in [-0.3, -0.25) is 4.79 Å². The predicted molar refractivity (Wildman–Crippen MR) is 114 cm³/mol. The van der Waals surface area contributed by atoms with E-state index < -0.39 is 0 Å². The normalized spacial score (nSPS) is 18.2. The molecule has 0 atom stereocenters. The van der Waals surface area contributed by atoms with E-state index in [9.17, 15) is 10.1 Å². The van der Waals surface area contributed by atoms with Crippen LogP contribution in [0.5, 0.6) is 0 Å². The Hall–Kier alpha value is -1.62. The molecule has 0 amide bonds. The summed E-state index contributed by atoms with van der Waals surface area (Å²) in [5, 5.41) is 10.6. The van der Waals surface area contributed by atoms with Crippen molar-refractivity contribution >= 4 is 23.4 Å². The fourth-order valence-electron chi connectivity index (χ4n) is 3.78. The van der Waals surface area contributed by atoms with Gasteiger partial charge in [0, 0.05) is 31.5 Å². The van der Waals surface area contributed by atoms with Crippen LogP contribution in [0.25, 0.3) is 0 Å². The monoisotopic (exact) mass is 417 g/mol. The number of hydrogen-bond donors (Lipinski definition) is 0. The third kappa shape index (κ3) is 5.50. The van der Waals surface area contributed by atoms with Crippen LogP contribution >= 0.6 is 11.8 Å². The van der Waals surface area contributed by atoms with Crippen molar-refractivity contribution in [3.8, 4) is 6.07 Å². The minimum Gasteiger partial charge on any atom is -0.378 e. The summed E-state index contributed by atoms with van der Waals surface area (Å²) in [4.78, 5) is 19.4. The standard InChI is InChI=1S/C22H31N3O3S/c1-4-5-6-7-16(26)15-29-21-18(13-23)17-12-22(2,3)28-14-19(17)20(24-21)25-8-10-27-11-9-25/h4-12,14-15H2,1-3H3. The molecule has 1 saturated heterocycles. The second-order valence-electron chi connectivity index (χ2n) is 8.29. The molecular weight excluding hydrogens is 386 g/mol. The number of carbonyl (C=O) groups is 1. The van der Waals surface area contributed by atoms with Gasteiger partial charge in [0.05, 0.1) is 36.7 Å². The molecule has 0 radical (unpaired) electrons. The van der Waals surface area contributed by atoms with Crippen molar-refractivity contribution in [2.75, 3.05) is 37.0 Å². The molecule has 0 aliphatic carbocycles. The Balaban J connectivity index is 1.90. The van der Waals surface area contributed by atoms with Gasteiger partial charge in [0.15, 0.2) is 0 Å². The lowest BCUT2D eigenvalue weighted by atomic mass is 9.89. The van der Waals surface area contributed by atoms with Crippen molar-refractivity contribution in [1.29, 1.82) is 5.26 Å². The number of morpholine rings is 1. The Morgan fingerprint density at radius 3 is 2.72 bits per heavy atom. The Labute approximate surface area is 178 Å². The first-order valence-corrected chi connectivity index (χ1v) is 11.5. The van der Waals surface area contributed by atoms with E-state index in [4.69, 9.17) is 14.5 Å². The molecule has 0 N–H and O–H groups in total. The Morgan fingerprint density at radius 1 is 1.28 bits per heavy atom. The average molecular weight is 418 g/mol. The molecule has 2 aliphatic heterocycles. The van der Waals surface area contributed by atoms with Crippen LogP contribution < -0.4 is 4.90 Å². The molecule has 29 heavy (non-hydrogen) atoms. The third-order valence-corrected chi connectivity index (χ3v) is 6.45. The summed E-state index contributed by atoms with van der Waals surface area (Å²) in [6, 6.07) is 2.37. The number of aromatic nitrogens is 1. The summed E-state index contributed by atoms with van der Waals surface area (Å²) in [6.45, 7) is 9.57. The highest BCUT2D eigenvalue weighted by molar-refractivity contribution is 8.00. The molecule has 158 valence electrons. The van der Waals surface area contributed by atoms with Gasteiger partial charge < -0.3 is 14.4 Å². The molecule has 3 heterocycles. The maximum Gasteiger partial charge on any atom is 0.143 e. The molecule has 1 aromatic rings. The minimum atomic E-state index is -0.319. The van der Waals surface area contributed by atoms with Crippen molar-refractivity contribution in [2.45, 2.75) is 70.1 Å². The molecule has 3 rings (SSSR count). The zero-order chi connectivity index (χ0) is 20.9. The van der Waals surface area contributed by atoms with Crippen LogP contribution in [0, 0.1) is 11.3 Å². The SMILES string of the molecule is CCCCCC(=O)CSc1nc(N2CCOCC2)c2c(c1C#N)CC(C)(C)OC2. The molecule has 2 aliphatic rings. The molecule has 1 aromatic heterocycles. The number of nitrogens with zero attached hydrogens (tertiary/aromatic N) is 3. The van der Waals surface area contributed by atoms with Crippen molar-refractivity contribution in [1.82, 2.24) is 4.98 Å². The number of carbonyl (C=O) groups excluding carboxylic acids is 1. The van der Waals surface area contributed by atoms with E-state index in [1.807, 2.05) is 0 Å². The summed E-state index contributed by atoms with van der Waals surface area (Å²) < 4.78 is 11.5. The van der Waals surface area contributed by atoms with Crippen molar-refractivity contribution in [3.05, 3.63) is 16.7 Å². The minimum absolute atomic E-state index is 0.225. The van der Waals surface area contributed by atoms with E-state index in [1.165, 1.54) is 11.8 Å². The number of rotatable bonds is 8. The predicted octanol–water partition coefficient (Wildman–Crippen LogP) is 3.88. The number of hydrogen-bond acceptors (Lipinski definition) is 7. The fraction of sp³-hybridized carbons (Fsp3) is 0.682. The van der Waals surface area contributed by atoms with Crippen LogP contribution in [-0.4, -0.2) is 48.4 Å². The first kappa shape index (κ1) is 22.1. The van der Waals surface area contributed by atoms with Crippen LogP contribution in [-0.2, 0) is 27.3 Å². The van der Waals surface area contributed by atoms with Crippen LogP contribution in [0.15, 0.2) is 5.03 Å². The lowest BCUT2D eigenvalue weighted by molar-refractivity contribution is -0.116. The van der Waals surface area contributed by atoms with Crippen LogP contribution in [0.3, 0.4) is 0 Å². The summed E-state index contributed by atoms with van der Waals surface area (Å²) in [5.74, 6) is 1.48. The maximum atomic E-state index is 12.3. The quantitative estimate of drug-likeness (QED) is 0.469. The molecule has 0 bridgehead atoms. The van der Waals surface area contributed by atoms with Gasteiger partial charge in [-0.15, -0.1) is 0 Å². The summed E-state index contributed by atoms with van der Waals surface area (Å²) in [6.07, 6.45) is 4.39. The van der Waals surface area contributed by atoms with Gasteiger partial charge in [-0.25, -0.2) is 4.98 Å². The first-order valence-electron chi connectivity index (χ1n) is 10.5. The molecule has 6 nitrogen and oxygen atoms in total. The number of pyridine rings is 1. The zero-order valence-electron chi connectivity index (χ0n) is 17.8. The number of Topliss-reactive ketones (excluding diaryl/α,β-unsaturated/α-hetero) is 1. The van der Waals surface area contributed by atoms with Gasteiger partial charge in [-0.1, -0.05) is 31.5 Å². The third-order valence-electron chi connectivity index (χ3n) is 5.42. The van der Waals surface area contributed by atoms with Gasteiger partial charge in [0.2, 0.25) is 0 Å². The molecule has 7 heteroatoms. The van der Waals surface area contributed by atoms with Gasteiger partial charge in [-0.05, 0) is 25.8 Å². The van der Waals surface area contributed by atoms with E-state index in [0.717, 1.165) is 49.3 Å². The van der Waals surface area contributed by atoms with Gasteiger partial charge in [0.25, 0.3) is 0 Å². The van der Waals surface area contributed by atoms with Crippen LogP contribution in [0.2, 0.25) is 0 Å². The molecule has 0 spiro atoms. The van der Waals surface area contributed by atoms with E-state index in [2.05, 4.69) is 31.7 Å². The Kier molecular flexibility index (Phi) is 7.55. The number of thioether (sulfide) groups is 1. The highest BCUT2D eigenvalue weighted by atomic mass is 32.2. The van der Waals surface area contributed by atoms with E-state index in [1.54, 1.807) is 0 Å². The van der Waals surface area contributed by atoms with Gasteiger partial charge in [-0.2, -0.15) is 5.26 Å². The summed E-state index contributed by atoms with van der Waals surface area (Å²) in [7, 11) is 0. The molecule has 0 aromatic carbocycles. The van der Waals surface area contributed by atoms with Gasteiger partial charge in [0.1, 0.15) is 22.7 Å². The largest absolute Gasteiger partial charge is 0.378 e. The topological polar surface area (TPSA) is 75.5 Å². The number of ketones is 1. The van der Waals surface area contributed by atoms with E-state index in [0.29, 0.717) is 49.0 Å². The van der Waals surface area contributed by atoms with E-state index >= 15 is 0 Å². The number of nitriles is 1. The number of anilines is 1. The first-order chi connectivity index (χ1) is 13.9. The summed E-state index contributed by atoms with van der Waals surface area (Å²) in [5.41, 5.74) is 2.34. The smallest absolute Gasteiger partial charge is 0.143 e. The summed E-state index contributed by atoms with van der Waals surface area (Å²) >= 11 is 1.41. The van der Waals surface area contributed by atoms with Crippen molar-refractivity contribution < 1.29 is 14.3 Å². The number of ether oxygens (including phenoxy) is 2.